The number of benzene rings is 2. The van der Waals surface area contributed by atoms with Crippen LogP contribution in [0, 0.1) is 35.0 Å². The van der Waals surface area contributed by atoms with Crippen molar-refractivity contribution in [1.82, 2.24) is 78.2 Å². The molecule has 2 aromatic carbocycles. The molecular weight excluding hydrogens is 1440 g/mol. The Hall–Kier alpha value is -10.1. The smallest absolute Gasteiger partial charge is 0.410 e. The van der Waals surface area contributed by atoms with E-state index >= 15 is 0 Å². The number of carboxylic acid groups (broad SMARTS) is 1. The molecular formula is C71H88BrF5N16O12. The van der Waals surface area contributed by atoms with Crippen molar-refractivity contribution in [2.45, 2.75) is 148 Å². The van der Waals surface area contributed by atoms with E-state index in [0.29, 0.717) is 51.6 Å². The Balaban J connectivity index is 0.000000249. The molecule has 10 rings (SSSR count). The molecule has 6 aromatic heterocycles. The molecule has 2 aliphatic rings. The third-order valence-corrected chi connectivity index (χ3v) is 17.9. The Morgan fingerprint density at radius 2 is 0.943 bits per heavy atom. The first kappa shape index (κ1) is 82.2. The van der Waals surface area contributed by atoms with Gasteiger partial charge in [0, 0.05) is 116 Å². The number of methoxy groups -OCH3 is 2. The topological polar surface area (TPSA) is 315 Å². The molecule has 2 saturated heterocycles. The summed E-state index contributed by atoms with van der Waals surface area (Å²) in [7, 11) is 4.37. The maximum absolute atomic E-state index is 14.1. The van der Waals surface area contributed by atoms with Crippen LogP contribution >= 0.6 is 17.0 Å². The van der Waals surface area contributed by atoms with Crippen molar-refractivity contribution in [3.63, 3.8) is 0 Å². The minimum atomic E-state index is -1.16. The van der Waals surface area contributed by atoms with E-state index in [2.05, 4.69) is 40.5 Å². The molecule has 8 heterocycles. The van der Waals surface area contributed by atoms with E-state index in [4.69, 9.17) is 19.3 Å². The van der Waals surface area contributed by atoms with E-state index in [1.165, 1.54) is 96.6 Å². The second kappa shape index (κ2) is 37.1. The SMILES string of the molecule is Br.CC[C@@H](C)C(=O)N[C@H](C(=O)N1CCC[C@H]1CN(CCc1ccc(F)cc1)C(=O)c1cn2cc(F)cnc2n1)[C@@H](C)OC.CO[C@H](C)[C@H](NC(=O)[C@H](C)N(C)C(=O)OC(C)(C)C)C(=O)N1CCC[C@H]1CN(CCc1ccc(F)cc1)C(=O)c1cn2cc(F)cnc2n1.O=C(O)c1cn2cc(F)cnc2n1. The quantitative estimate of drug-likeness (QED) is 0.0458. The molecule has 2 fully saturated rings. The number of hydrogen-bond donors (Lipinski definition) is 3. The van der Waals surface area contributed by atoms with Crippen molar-refractivity contribution in [2.75, 3.05) is 60.5 Å². The van der Waals surface area contributed by atoms with Crippen molar-refractivity contribution in [1.29, 1.82) is 0 Å². The molecule has 2 aliphatic heterocycles. The molecule has 28 nitrogen and oxygen atoms in total. The highest BCUT2D eigenvalue weighted by molar-refractivity contribution is 8.93. The number of carboxylic acids is 1. The number of fused-ring (bicyclic) bond motifs is 3. The van der Waals surface area contributed by atoms with E-state index in [0.717, 1.165) is 47.2 Å². The second-order valence-electron chi connectivity index (χ2n) is 26.5. The Morgan fingerprint density at radius 1 is 0.571 bits per heavy atom. The number of nitrogens with zero attached hydrogens (tertiary/aromatic N) is 14. The molecule has 0 unspecified atom stereocenters. The number of amides is 7. The molecule has 566 valence electrons. The summed E-state index contributed by atoms with van der Waals surface area (Å²) in [6.45, 7) is 15.5. The Morgan fingerprint density at radius 3 is 1.30 bits per heavy atom. The summed E-state index contributed by atoms with van der Waals surface area (Å²) in [5.74, 6) is -5.61. The minimum absolute atomic E-state index is 0. The third-order valence-electron chi connectivity index (χ3n) is 17.9. The summed E-state index contributed by atoms with van der Waals surface area (Å²) in [4.78, 5) is 136. The molecule has 0 radical (unpaired) electrons. The van der Waals surface area contributed by atoms with Gasteiger partial charge in [-0.3, -0.25) is 46.9 Å². The Labute approximate surface area is 613 Å². The van der Waals surface area contributed by atoms with Crippen molar-refractivity contribution in [3.05, 3.63) is 162 Å². The number of likely N-dealkylation sites (N-methyl/N-ethyl adjacent to an activating group) is 1. The van der Waals surface area contributed by atoms with Crippen LogP contribution in [0.2, 0.25) is 0 Å². The highest BCUT2D eigenvalue weighted by atomic mass is 79.9. The third kappa shape index (κ3) is 22.0. The molecule has 0 saturated carbocycles. The summed E-state index contributed by atoms with van der Waals surface area (Å²) in [5.41, 5.74) is 0.875. The lowest BCUT2D eigenvalue weighted by Gasteiger charge is -2.35. The van der Waals surface area contributed by atoms with Gasteiger partial charge in [0.2, 0.25) is 41.0 Å². The van der Waals surface area contributed by atoms with Crippen LogP contribution in [0.5, 0.6) is 0 Å². The van der Waals surface area contributed by atoms with Gasteiger partial charge in [0.25, 0.3) is 11.8 Å². The van der Waals surface area contributed by atoms with Gasteiger partial charge in [0.05, 0.1) is 30.8 Å². The molecule has 34 heteroatoms. The lowest BCUT2D eigenvalue weighted by atomic mass is 10.1. The van der Waals surface area contributed by atoms with Gasteiger partial charge >= 0.3 is 12.1 Å². The van der Waals surface area contributed by atoms with Crippen molar-refractivity contribution >= 4 is 81.8 Å². The van der Waals surface area contributed by atoms with Gasteiger partial charge in [-0.1, -0.05) is 38.1 Å². The summed E-state index contributed by atoms with van der Waals surface area (Å²) in [6, 6.07) is 8.39. The number of likely N-dealkylation sites (tertiary alicyclic amines) is 2. The first-order valence-electron chi connectivity index (χ1n) is 33.9. The molecule has 105 heavy (non-hydrogen) atoms. The van der Waals surface area contributed by atoms with E-state index in [9.17, 15) is 60.3 Å². The number of rotatable bonds is 25. The van der Waals surface area contributed by atoms with Crippen LogP contribution in [0.25, 0.3) is 17.3 Å². The van der Waals surface area contributed by atoms with Crippen LogP contribution in [0.15, 0.2) is 104 Å². The van der Waals surface area contributed by atoms with Crippen molar-refractivity contribution < 1.29 is 79.6 Å². The number of ether oxygens (including phenoxy) is 3. The zero-order valence-corrected chi connectivity index (χ0v) is 61.8. The summed E-state index contributed by atoms with van der Waals surface area (Å²) in [6.07, 6.45) is 12.7. The number of carbonyl (C=O) groups excluding carboxylic acids is 7. The monoisotopic (exact) mass is 1530 g/mol. The Bertz CT molecular complexity index is 4330. The van der Waals surface area contributed by atoms with Gasteiger partial charge in [-0.05, 0) is 122 Å². The molecule has 0 aliphatic carbocycles. The van der Waals surface area contributed by atoms with Crippen LogP contribution in [0.4, 0.5) is 26.7 Å². The van der Waals surface area contributed by atoms with Crippen LogP contribution in [0.1, 0.15) is 130 Å². The minimum Gasteiger partial charge on any atom is -0.476 e. The molecule has 8 atom stereocenters. The van der Waals surface area contributed by atoms with Crippen molar-refractivity contribution in [3.8, 4) is 0 Å². The van der Waals surface area contributed by atoms with Crippen LogP contribution in [-0.2, 0) is 46.2 Å². The van der Waals surface area contributed by atoms with Crippen molar-refractivity contribution in [2.24, 2.45) is 5.92 Å². The predicted molar refractivity (Wildman–Crippen MR) is 377 cm³/mol. The van der Waals surface area contributed by atoms with Crippen LogP contribution < -0.4 is 10.6 Å². The Kier molecular flexibility index (Phi) is 29.0. The average Bonchev–Trinajstić information content (AvgIpc) is 1.66. The van der Waals surface area contributed by atoms with Crippen LogP contribution in [-0.4, -0.2) is 229 Å². The van der Waals surface area contributed by atoms with Crippen LogP contribution in [0.3, 0.4) is 0 Å². The maximum Gasteiger partial charge on any atom is 0.410 e. The number of aromatic carboxylic acids is 1. The number of aromatic nitrogens is 9. The zero-order valence-electron chi connectivity index (χ0n) is 60.1. The number of hydrogen-bond acceptors (Lipinski definition) is 17. The summed E-state index contributed by atoms with van der Waals surface area (Å²) < 4.78 is 87.4. The van der Waals surface area contributed by atoms with Gasteiger partial charge in [0.1, 0.15) is 46.7 Å². The molecule has 0 spiro atoms. The van der Waals surface area contributed by atoms with Gasteiger partial charge < -0.3 is 49.6 Å². The fourth-order valence-corrected chi connectivity index (χ4v) is 11.5. The molecule has 8 aromatic rings. The first-order chi connectivity index (χ1) is 49.3. The molecule has 0 bridgehead atoms. The van der Waals surface area contributed by atoms with Gasteiger partial charge in [-0.25, -0.2) is 61.4 Å². The van der Waals surface area contributed by atoms with E-state index < -0.39 is 95.1 Å². The number of nitrogens with one attached hydrogen (secondary N) is 2. The van der Waals surface area contributed by atoms with Gasteiger partial charge in [-0.15, -0.1) is 17.0 Å². The molecule has 3 N–H and O–H groups in total. The first-order valence-corrected chi connectivity index (χ1v) is 33.9. The van der Waals surface area contributed by atoms with Gasteiger partial charge in [0.15, 0.2) is 23.1 Å². The molecule has 7 amide bonds. The zero-order chi connectivity index (χ0) is 75.9. The fraction of sp³-hybridized carbons (Fsp3) is 0.465. The lowest BCUT2D eigenvalue weighted by molar-refractivity contribution is -0.142. The van der Waals surface area contributed by atoms with E-state index in [1.807, 2.05) is 6.92 Å². The average molecular weight is 1530 g/mol. The maximum atomic E-state index is 14.1. The van der Waals surface area contributed by atoms with E-state index in [1.54, 1.807) is 85.4 Å². The van der Waals surface area contributed by atoms with Gasteiger partial charge in [-0.2, -0.15) is 0 Å². The fourth-order valence-electron chi connectivity index (χ4n) is 11.5. The lowest BCUT2D eigenvalue weighted by Crippen LogP contribution is -2.59. The standard InChI is InChI=1S/C34H45F2N7O6.C30H38F2N6O4.C7H4FN3O2.BrH/c1-21(40(6)33(47)49-34(3,4)5)29(44)39-28(22(2)48-7)31(46)43-15-8-9-26(43)19-41(16-14-23-10-12-24(35)13-11-23)30(45)27-20-42-18-25(36)17-37-32(42)38-27;1-5-19(2)27(39)35-26(20(3)42-4)29(41)38-13-6-7-24(38)17-36(14-12-21-8-10-22(31)11-9-21)28(40)25-18-37-16-23(32)15-33-30(37)34-25;8-4-1-9-7-10-5(6(12)13)3-11(7)2-4;/h10-13,17-18,20-22,26,28H,8-9,14-16,19H2,1-7H3,(H,39,44);8-11,15-16,18-20,24,26H,5-7,12-14,17H2,1-4H3,(H,35,39);1-3H,(H,12,13);1H/t21-,22+,26-,28-;19-,20-,24+,26+;;/m01../s1. The summed E-state index contributed by atoms with van der Waals surface area (Å²) in [5, 5.41) is 14.2. The number of imidazole rings is 3. The summed E-state index contributed by atoms with van der Waals surface area (Å²) >= 11 is 0. The highest BCUT2D eigenvalue weighted by Gasteiger charge is 2.41. The predicted octanol–water partition coefficient (Wildman–Crippen LogP) is 7.85. The number of halogens is 6. The normalized spacial score (nSPS) is 15.9. The van der Waals surface area contributed by atoms with E-state index in [-0.39, 0.29) is 113 Å². The highest BCUT2D eigenvalue weighted by Crippen LogP contribution is 2.26. The second-order valence-corrected chi connectivity index (χ2v) is 26.5. The largest absolute Gasteiger partial charge is 0.476 e. The number of carbonyl (C=O) groups is 8.